The van der Waals surface area contributed by atoms with Gasteiger partial charge in [0.1, 0.15) is 0 Å². The summed E-state index contributed by atoms with van der Waals surface area (Å²) in [5, 5.41) is 5.81. The lowest BCUT2D eigenvalue weighted by molar-refractivity contribution is 0.143. The summed E-state index contributed by atoms with van der Waals surface area (Å²) in [6.45, 7) is 6.78. The summed E-state index contributed by atoms with van der Waals surface area (Å²) >= 11 is 5.41. The Morgan fingerprint density at radius 2 is 2.00 bits per heavy atom. The first-order valence-electron chi connectivity index (χ1n) is 8.26. The van der Waals surface area contributed by atoms with E-state index >= 15 is 0 Å². The van der Waals surface area contributed by atoms with Crippen LogP contribution in [0.25, 0.3) is 0 Å². The van der Waals surface area contributed by atoms with Crippen molar-refractivity contribution in [3.63, 3.8) is 0 Å². The first-order chi connectivity index (χ1) is 10.1. The Hall–Kier alpha value is 0.1000. The molecule has 0 atom stereocenters. The molecule has 2 nitrogen and oxygen atoms in total. The molecule has 0 unspecified atom stereocenters. The van der Waals surface area contributed by atoms with E-state index in [-0.39, 0.29) is 0 Å². The normalized spacial score (nSPS) is 18.9. The van der Waals surface area contributed by atoms with Crippen molar-refractivity contribution >= 4 is 27.3 Å². The van der Waals surface area contributed by atoms with E-state index in [9.17, 15) is 0 Å². The van der Waals surface area contributed by atoms with Crippen LogP contribution in [0.3, 0.4) is 0 Å². The highest BCUT2D eigenvalue weighted by Crippen LogP contribution is 2.35. The van der Waals surface area contributed by atoms with Gasteiger partial charge < -0.3 is 10.2 Å². The maximum absolute atomic E-state index is 3.63. The molecule has 1 aliphatic carbocycles. The summed E-state index contributed by atoms with van der Waals surface area (Å²) in [6, 6.07) is 2.26. The Morgan fingerprint density at radius 3 is 2.57 bits per heavy atom. The van der Waals surface area contributed by atoms with Crippen LogP contribution in [-0.2, 0) is 6.54 Å². The fraction of sp³-hybridized carbons (Fsp3) is 0.765. The molecular formula is C17H29BrN2S. The molecule has 1 aromatic heterocycles. The van der Waals surface area contributed by atoms with Crippen LogP contribution in [0.5, 0.6) is 0 Å². The highest BCUT2D eigenvalue weighted by molar-refractivity contribution is 9.10. The molecular weight excluding hydrogens is 344 g/mol. The minimum absolute atomic E-state index is 0.482. The van der Waals surface area contributed by atoms with Gasteiger partial charge >= 0.3 is 0 Å². The summed E-state index contributed by atoms with van der Waals surface area (Å²) in [5.41, 5.74) is 0.482. The Morgan fingerprint density at radius 1 is 1.29 bits per heavy atom. The van der Waals surface area contributed by atoms with Gasteiger partial charge in [-0.3, -0.25) is 0 Å². The minimum atomic E-state index is 0.482. The molecule has 1 N–H and O–H groups in total. The summed E-state index contributed by atoms with van der Waals surface area (Å²) < 4.78 is 1.22. The maximum Gasteiger partial charge on any atom is 0.0325 e. The third-order valence-electron chi connectivity index (χ3n) is 4.57. The number of rotatable bonds is 7. The van der Waals surface area contributed by atoms with Crippen LogP contribution in [0.2, 0.25) is 0 Å². The van der Waals surface area contributed by atoms with Crippen LogP contribution < -0.4 is 5.32 Å². The molecule has 120 valence electrons. The van der Waals surface area contributed by atoms with Crippen LogP contribution >= 0.6 is 27.3 Å². The monoisotopic (exact) mass is 372 g/mol. The molecule has 0 aliphatic heterocycles. The van der Waals surface area contributed by atoms with E-state index in [4.69, 9.17) is 0 Å². The maximum atomic E-state index is 3.63. The molecule has 1 fully saturated rings. The van der Waals surface area contributed by atoms with Crippen molar-refractivity contribution in [2.24, 2.45) is 5.41 Å². The van der Waals surface area contributed by atoms with Crippen LogP contribution in [0, 0.1) is 5.41 Å². The number of hydrogen-bond donors (Lipinski definition) is 1. The molecule has 2 rings (SSSR count). The average molecular weight is 373 g/mol. The standard InChI is InChI=1S/C17H29BrN2S/c1-3-19-13-17(8-6-4-5-7-9-17)14-20(2)11-16-10-15(18)12-21-16/h10,12,19H,3-9,11,13-14H2,1-2H3. The fourth-order valence-electron chi connectivity index (χ4n) is 3.59. The molecule has 0 radical (unpaired) electrons. The molecule has 1 heterocycles. The van der Waals surface area contributed by atoms with E-state index < -0.39 is 0 Å². The Kier molecular flexibility index (Phi) is 7.20. The second-order valence-corrected chi connectivity index (χ2v) is 8.51. The molecule has 1 aliphatic rings. The smallest absolute Gasteiger partial charge is 0.0325 e. The Bertz CT molecular complexity index is 411. The van der Waals surface area contributed by atoms with Crippen molar-refractivity contribution in [1.29, 1.82) is 0 Å². The van der Waals surface area contributed by atoms with Gasteiger partial charge in [0.15, 0.2) is 0 Å². The summed E-state index contributed by atoms with van der Waals surface area (Å²) in [5.74, 6) is 0. The molecule has 0 amide bonds. The van der Waals surface area contributed by atoms with E-state index in [1.54, 1.807) is 0 Å². The molecule has 1 aromatic rings. The van der Waals surface area contributed by atoms with Crippen LogP contribution in [-0.4, -0.2) is 31.6 Å². The fourth-order valence-corrected chi connectivity index (χ4v) is 5.12. The molecule has 0 bridgehead atoms. The Balaban J connectivity index is 1.95. The average Bonchev–Trinajstić information content (AvgIpc) is 2.72. The lowest BCUT2D eigenvalue weighted by Gasteiger charge is -2.37. The lowest BCUT2D eigenvalue weighted by atomic mass is 9.79. The van der Waals surface area contributed by atoms with E-state index in [0.29, 0.717) is 5.41 Å². The quantitative estimate of drug-likeness (QED) is 0.685. The second-order valence-electron chi connectivity index (χ2n) is 6.60. The van der Waals surface area contributed by atoms with Gasteiger partial charge in [-0.05, 0) is 53.8 Å². The lowest BCUT2D eigenvalue weighted by Crippen LogP contribution is -2.42. The number of nitrogens with one attached hydrogen (secondary N) is 1. The van der Waals surface area contributed by atoms with E-state index in [1.807, 2.05) is 11.3 Å². The van der Waals surface area contributed by atoms with Gasteiger partial charge in [-0.25, -0.2) is 0 Å². The van der Waals surface area contributed by atoms with Gasteiger partial charge in [0, 0.05) is 34.4 Å². The van der Waals surface area contributed by atoms with E-state index in [0.717, 1.165) is 13.1 Å². The minimum Gasteiger partial charge on any atom is -0.316 e. The molecule has 0 spiro atoms. The SMILES string of the molecule is CCNCC1(CN(C)Cc2cc(Br)cs2)CCCCCC1. The van der Waals surface area contributed by atoms with Gasteiger partial charge in [-0.1, -0.05) is 32.6 Å². The zero-order chi connectivity index (χ0) is 15.1. The zero-order valence-electron chi connectivity index (χ0n) is 13.5. The first kappa shape index (κ1) is 17.5. The second kappa shape index (κ2) is 8.66. The van der Waals surface area contributed by atoms with Crippen molar-refractivity contribution in [3.05, 3.63) is 20.8 Å². The Labute approximate surface area is 142 Å². The van der Waals surface area contributed by atoms with Crippen LogP contribution in [0.4, 0.5) is 0 Å². The number of nitrogens with zero attached hydrogens (tertiary/aromatic N) is 1. The van der Waals surface area contributed by atoms with E-state index in [2.05, 4.69) is 51.6 Å². The molecule has 4 heteroatoms. The van der Waals surface area contributed by atoms with E-state index in [1.165, 1.54) is 61.0 Å². The highest BCUT2D eigenvalue weighted by Gasteiger charge is 2.31. The van der Waals surface area contributed by atoms with Gasteiger partial charge in [-0.2, -0.15) is 0 Å². The van der Waals surface area contributed by atoms with Gasteiger partial charge in [0.25, 0.3) is 0 Å². The molecule has 21 heavy (non-hydrogen) atoms. The summed E-state index contributed by atoms with van der Waals surface area (Å²) in [7, 11) is 2.28. The van der Waals surface area contributed by atoms with Crippen molar-refractivity contribution in [2.75, 3.05) is 26.7 Å². The van der Waals surface area contributed by atoms with Crippen LogP contribution in [0.1, 0.15) is 50.3 Å². The van der Waals surface area contributed by atoms with Gasteiger partial charge in [-0.15, -0.1) is 11.3 Å². The predicted molar refractivity (Wildman–Crippen MR) is 97.0 cm³/mol. The number of thiophene rings is 1. The molecule has 0 aromatic carbocycles. The van der Waals surface area contributed by atoms with Crippen molar-refractivity contribution in [1.82, 2.24) is 10.2 Å². The zero-order valence-corrected chi connectivity index (χ0v) is 15.9. The highest BCUT2D eigenvalue weighted by atomic mass is 79.9. The molecule has 1 saturated carbocycles. The number of halogens is 1. The summed E-state index contributed by atoms with van der Waals surface area (Å²) in [6.07, 6.45) is 8.44. The van der Waals surface area contributed by atoms with Crippen molar-refractivity contribution in [3.8, 4) is 0 Å². The number of hydrogen-bond acceptors (Lipinski definition) is 3. The topological polar surface area (TPSA) is 15.3 Å². The third-order valence-corrected chi connectivity index (χ3v) is 6.25. The van der Waals surface area contributed by atoms with Crippen molar-refractivity contribution in [2.45, 2.75) is 52.0 Å². The van der Waals surface area contributed by atoms with Gasteiger partial charge in [0.05, 0.1) is 0 Å². The summed E-state index contributed by atoms with van der Waals surface area (Å²) in [4.78, 5) is 3.98. The van der Waals surface area contributed by atoms with Gasteiger partial charge in [0.2, 0.25) is 0 Å². The van der Waals surface area contributed by atoms with Crippen molar-refractivity contribution < 1.29 is 0 Å². The first-order valence-corrected chi connectivity index (χ1v) is 9.93. The van der Waals surface area contributed by atoms with Crippen LogP contribution in [0.15, 0.2) is 15.9 Å². The third kappa shape index (κ3) is 5.66. The predicted octanol–water partition coefficient (Wildman–Crippen LogP) is 4.89. The largest absolute Gasteiger partial charge is 0.316 e. The molecule has 0 saturated heterocycles.